The van der Waals surface area contributed by atoms with E-state index in [-0.39, 0.29) is 5.91 Å². The van der Waals surface area contributed by atoms with E-state index in [0.717, 1.165) is 28.3 Å². The Labute approximate surface area is 153 Å². The van der Waals surface area contributed by atoms with Crippen molar-refractivity contribution in [1.29, 1.82) is 0 Å². The summed E-state index contributed by atoms with van der Waals surface area (Å²) in [6.45, 7) is 0. The summed E-state index contributed by atoms with van der Waals surface area (Å²) in [4.78, 5) is 16.8. The van der Waals surface area contributed by atoms with Gasteiger partial charge >= 0.3 is 0 Å². The quantitative estimate of drug-likeness (QED) is 0.669. The monoisotopic (exact) mass is 352 g/mol. The van der Waals surface area contributed by atoms with E-state index in [1.807, 2.05) is 36.5 Å². The van der Waals surface area contributed by atoms with Crippen molar-refractivity contribution >= 4 is 23.4 Å². The first-order valence-electron chi connectivity index (χ1n) is 9.20. The van der Waals surface area contributed by atoms with E-state index >= 15 is 0 Å². The third kappa shape index (κ3) is 4.85. The molecule has 0 saturated heterocycles. The molecule has 2 fully saturated rings. The Kier molecular flexibility index (Phi) is 5.07. The van der Waals surface area contributed by atoms with Gasteiger partial charge in [-0.2, -0.15) is 0 Å². The number of carbonyl (C=O) groups excluding carboxylic acids is 1. The van der Waals surface area contributed by atoms with Crippen LogP contribution in [0.25, 0.3) is 0 Å². The number of thioether (sulfide) groups is 1. The largest absolute Gasteiger partial charge is 0.326 e. The van der Waals surface area contributed by atoms with Gasteiger partial charge in [0.25, 0.3) is 0 Å². The number of hydrogen-bond donors (Lipinski definition) is 1. The fourth-order valence-corrected chi connectivity index (χ4v) is 4.33. The molecule has 0 aliphatic heterocycles. The summed E-state index contributed by atoms with van der Waals surface area (Å²) in [7, 11) is 0. The second-order valence-electron chi connectivity index (χ2n) is 7.25. The summed E-state index contributed by atoms with van der Waals surface area (Å²) in [5, 5.41) is 4.13. The molecule has 2 aliphatic rings. The van der Waals surface area contributed by atoms with Crippen molar-refractivity contribution in [3.8, 4) is 0 Å². The predicted molar refractivity (Wildman–Crippen MR) is 102 cm³/mol. The Balaban J connectivity index is 1.32. The molecule has 0 spiro atoms. The maximum absolute atomic E-state index is 12.5. The third-order valence-corrected chi connectivity index (χ3v) is 6.13. The molecule has 4 rings (SSSR count). The van der Waals surface area contributed by atoms with Crippen molar-refractivity contribution in [2.75, 3.05) is 5.32 Å². The van der Waals surface area contributed by atoms with Crippen LogP contribution in [-0.2, 0) is 10.5 Å². The smallest absolute Gasteiger partial charge is 0.224 e. The molecule has 0 atom stereocenters. The lowest BCUT2D eigenvalue weighted by Crippen LogP contribution is -2.19. The van der Waals surface area contributed by atoms with Gasteiger partial charge in [0.05, 0.1) is 5.03 Å². The summed E-state index contributed by atoms with van der Waals surface area (Å²) in [6.07, 6.45) is 7.82. The minimum Gasteiger partial charge on any atom is -0.326 e. The molecule has 130 valence electrons. The lowest BCUT2D eigenvalue weighted by Gasteiger charge is -2.15. The molecular formula is C21H24N2OS. The van der Waals surface area contributed by atoms with Crippen molar-refractivity contribution in [1.82, 2.24) is 4.98 Å². The molecule has 25 heavy (non-hydrogen) atoms. The van der Waals surface area contributed by atoms with Gasteiger partial charge in [-0.05, 0) is 73.3 Å². The van der Waals surface area contributed by atoms with Crippen LogP contribution >= 0.6 is 11.8 Å². The second kappa shape index (κ2) is 7.61. The molecule has 3 nitrogen and oxygen atoms in total. The first-order valence-corrected chi connectivity index (χ1v) is 10.2. The van der Waals surface area contributed by atoms with E-state index in [9.17, 15) is 4.79 Å². The van der Waals surface area contributed by atoms with Crippen molar-refractivity contribution in [2.45, 2.75) is 42.9 Å². The molecule has 1 heterocycles. The van der Waals surface area contributed by atoms with Crippen LogP contribution in [0.15, 0.2) is 53.7 Å². The lowest BCUT2D eigenvalue weighted by atomic mass is 9.94. The van der Waals surface area contributed by atoms with Crippen LogP contribution < -0.4 is 5.32 Å². The number of rotatable bonds is 8. The highest BCUT2D eigenvalue weighted by Crippen LogP contribution is 2.50. The molecule has 1 N–H and O–H groups in total. The molecule has 1 aromatic heterocycles. The molecule has 0 radical (unpaired) electrons. The Hall–Kier alpha value is -1.81. The zero-order valence-electron chi connectivity index (χ0n) is 14.4. The van der Waals surface area contributed by atoms with Crippen LogP contribution in [0.1, 0.15) is 37.7 Å². The van der Waals surface area contributed by atoms with Crippen LogP contribution in [0.4, 0.5) is 5.69 Å². The average molecular weight is 353 g/mol. The number of benzene rings is 1. The van der Waals surface area contributed by atoms with Gasteiger partial charge in [0.15, 0.2) is 0 Å². The van der Waals surface area contributed by atoms with E-state index in [1.54, 1.807) is 11.8 Å². The zero-order chi connectivity index (χ0) is 17.1. The van der Waals surface area contributed by atoms with E-state index in [4.69, 9.17) is 0 Å². The normalized spacial score (nSPS) is 16.8. The number of aromatic nitrogens is 1. The Morgan fingerprint density at radius 1 is 1.12 bits per heavy atom. The molecule has 0 unspecified atom stereocenters. The van der Waals surface area contributed by atoms with Crippen LogP contribution in [0.5, 0.6) is 0 Å². The van der Waals surface area contributed by atoms with Gasteiger partial charge in [-0.25, -0.2) is 4.98 Å². The molecule has 0 bridgehead atoms. The predicted octanol–water partition coefficient (Wildman–Crippen LogP) is 5.14. The highest BCUT2D eigenvalue weighted by atomic mass is 32.2. The van der Waals surface area contributed by atoms with Gasteiger partial charge in [0.2, 0.25) is 5.91 Å². The fourth-order valence-electron chi connectivity index (χ4n) is 3.52. The number of pyridine rings is 1. The zero-order valence-corrected chi connectivity index (χ0v) is 15.2. The van der Waals surface area contributed by atoms with E-state index in [1.165, 1.54) is 31.2 Å². The summed E-state index contributed by atoms with van der Waals surface area (Å²) < 4.78 is 0. The Bertz CT molecular complexity index is 714. The van der Waals surface area contributed by atoms with Gasteiger partial charge in [-0.3, -0.25) is 4.79 Å². The maximum Gasteiger partial charge on any atom is 0.224 e. The van der Waals surface area contributed by atoms with Gasteiger partial charge in [-0.15, -0.1) is 11.8 Å². The third-order valence-electron chi connectivity index (χ3n) is 5.11. The molecule has 2 aliphatic carbocycles. The summed E-state index contributed by atoms with van der Waals surface area (Å²) in [5.74, 6) is 3.30. The van der Waals surface area contributed by atoms with Crippen LogP contribution in [0.2, 0.25) is 0 Å². The van der Waals surface area contributed by atoms with Gasteiger partial charge in [0.1, 0.15) is 0 Å². The first kappa shape index (κ1) is 16.6. The molecular weight excluding hydrogens is 328 g/mol. The number of nitrogens with zero attached hydrogens (tertiary/aromatic N) is 1. The minimum atomic E-state index is 0.179. The second-order valence-corrected chi connectivity index (χ2v) is 8.24. The van der Waals surface area contributed by atoms with Crippen LogP contribution in [0.3, 0.4) is 0 Å². The number of anilines is 1. The lowest BCUT2D eigenvalue weighted by molar-refractivity contribution is -0.117. The average Bonchev–Trinajstić information content (AvgIpc) is 3.53. The van der Waals surface area contributed by atoms with E-state index < -0.39 is 0 Å². The van der Waals surface area contributed by atoms with Gasteiger partial charge < -0.3 is 5.32 Å². The molecule has 2 aromatic rings. The van der Waals surface area contributed by atoms with E-state index in [0.29, 0.717) is 12.3 Å². The SMILES string of the molecule is O=C(CC(C1CC1)C1CC1)Nc1cccc(CSc2ccccn2)c1. The topological polar surface area (TPSA) is 42.0 Å². The van der Waals surface area contributed by atoms with Crippen molar-refractivity contribution in [3.05, 3.63) is 54.2 Å². The Morgan fingerprint density at radius 3 is 2.60 bits per heavy atom. The van der Waals surface area contributed by atoms with Gasteiger partial charge in [0, 0.05) is 24.1 Å². The molecule has 1 aromatic carbocycles. The van der Waals surface area contributed by atoms with Crippen LogP contribution in [0, 0.1) is 17.8 Å². The van der Waals surface area contributed by atoms with Gasteiger partial charge in [-0.1, -0.05) is 18.2 Å². The molecule has 4 heteroatoms. The summed E-state index contributed by atoms with van der Waals surface area (Å²) >= 11 is 1.71. The highest BCUT2D eigenvalue weighted by Gasteiger charge is 2.42. The van der Waals surface area contributed by atoms with Crippen molar-refractivity contribution < 1.29 is 4.79 Å². The number of carbonyl (C=O) groups is 1. The Morgan fingerprint density at radius 2 is 1.92 bits per heavy atom. The van der Waals surface area contributed by atoms with E-state index in [2.05, 4.69) is 22.4 Å². The number of amides is 1. The first-order chi connectivity index (χ1) is 12.3. The van der Waals surface area contributed by atoms with Crippen molar-refractivity contribution in [2.24, 2.45) is 17.8 Å². The summed E-state index contributed by atoms with van der Waals surface area (Å²) in [6, 6.07) is 14.1. The van der Waals surface area contributed by atoms with Crippen LogP contribution in [-0.4, -0.2) is 10.9 Å². The van der Waals surface area contributed by atoms with Crippen molar-refractivity contribution in [3.63, 3.8) is 0 Å². The summed E-state index contributed by atoms with van der Waals surface area (Å²) in [5.41, 5.74) is 2.11. The highest BCUT2D eigenvalue weighted by molar-refractivity contribution is 7.98. The number of nitrogens with one attached hydrogen (secondary N) is 1. The minimum absolute atomic E-state index is 0.179. The molecule has 2 saturated carbocycles. The number of hydrogen-bond acceptors (Lipinski definition) is 3. The fraction of sp³-hybridized carbons (Fsp3) is 0.429. The standard InChI is InChI=1S/C21H24N2OS/c24-20(13-19(16-7-8-16)17-9-10-17)23-18-5-3-4-15(12-18)14-25-21-6-1-2-11-22-21/h1-6,11-12,16-17,19H,7-10,13-14H2,(H,23,24). The molecule has 1 amide bonds. The maximum atomic E-state index is 12.5.